The summed E-state index contributed by atoms with van der Waals surface area (Å²) in [7, 11) is 0. The Hall–Kier alpha value is -8.22. The summed E-state index contributed by atoms with van der Waals surface area (Å²) < 4.78 is 0. The van der Waals surface area contributed by atoms with Crippen LogP contribution in [0.2, 0.25) is 0 Å². The zero-order valence-corrected chi connectivity index (χ0v) is 40.9. The van der Waals surface area contributed by atoms with E-state index in [0.717, 1.165) is 135 Å². The van der Waals surface area contributed by atoms with Crippen LogP contribution in [-0.4, -0.2) is 29.9 Å². The molecule has 3 aliphatic carbocycles. The summed E-state index contributed by atoms with van der Waals surface area (Å²) in [5.41, 5.74) is 28.5. The molecular formula is C65H50N6. The third-order valence-electron chi connectivity index (χ3n) is 15.9. The van der Waals surface area contributed by atoms with Crippen LogP contribution in [0.5, 0.6) is 0 Å². The molecule has 0 unspecified atom stereocenters. The van der Waals surface area contributed by atoms with Gasteiger partial charge in [-0.1, -0.05) is 109 Å². The number of rotatable bonds is 0. The minimum atomic E-state index is 0.673. The maximum absolute atomic E-state index is 5.68. The number of para-hydroxylation sites is 6. The molecule has 6 aromatic heterocycles. The largest absolute Gasteiger partial charge is 0.246 e. The van der Waals surface area contributed by atoms with Crippen molar-refractivity contribution in [1.82, 2.24) is 29.9 Å². The summed E-state index contributed by atoms with van der Waals surface area (Å²) >= 11 is 0. The molecule has 0 amide bonds. The van der Waals surface area contributed by atoms with Crippen LogP contribution in [-0.2, 0) is 32.1 Å². The maximum atomic E-state index is 5.68. The van der Waals surface area contributed by atoms with Gasteiger partial charge in [-0.15, -0.1) is 0 Å². The van der Waals surface area contributed by atoms with Gasteiger partial charge < -0.3 is 0 Å². The Bertz CT molecular complexity index is 4060. The van der Waals surface area contributed by atoms with Crippen LogP contribution < -0.4 is 0 Å². The Morgan fingerprint density at radius 3 is 0.817 bits per heavy atom. The quantitative estimate of drug-likeness (QED) is 0.151. The number of hydrogen-bond acceptors (Lipinski definition) is 6. The molecule has 3 aliphatic rings. The molecule has 12 aromatic rings. The van der Waals surface area contributed by atoms with Crippen molar-refractivity contribution >= 4 is 65.4 Å². The van der Waals surface area contributed by atoms with E-state index in [1.54, 1.807) is 0 Å². The lowest BCUT2D eigenvalue weighted by Crippen LogP contribution is -2.15. The highest BCUT2D eigenvalue weighted by Gasteiger charge is 2.29. The Morgan fingerprint density at radius 1 is 0.268 bits per heavy atom. The predicted octanol–water partition coefficient (Wildman–Crippen LogP) is 15.0. The van der Waals surface area contributed by atoms with Gasteiger partial charge in [0.05, 0.1) is 67.3 Å². The molecule has 0 atom stereocenters. The van der Waals surface area contributed by atoms with Crippen LogP contribution in [0.1, 0.15) is 77.9 Å². The third-order valence-corrected chi connectivity index (χ3v) is 15.9. The molecule has 14 bridgehead atoms. The Labute approximate surface area is 412 Å². The molecule has 340 valence electrons. The Morgan fingerprint density at radius 2 is 0.521 bits per heavy atom. The van der Waals surface area contributed by atoms with E-state index in [1.807, 2.05) is 0 Å². The van der Waals surface area contributed by atoms with Crippen LogP contribution in [0.3, 0.4) is 0 Å². The van der Waals surface area contributed by atoms with Crippen molar-refractivity contribution in [3.8, 4) is 34.2 Å². The molecule has 0 saturated heterocycles. The van der Waals surface area contributed by atoms with Crippen LogP contribution in [0.15, 0.2) is 133 Å². The maximum Gasteiger partial charge on any atom is 0.0932 e. The van der Waals surface area contributed by atoms with Crippen molar-refractivity contribution in [3.63, 3.8) is 0 Å². The lowest BCUT2D eigenvalue weighted by Gasteiger charge is -2.27. The molecular weight excluding hydrogens is 865 g/mol. The number of aryl methyl sites for hydroxylation is 6. The van der Waals surface area contributed by atoms with Crippen LogP contribution >= 0.6 is 0 Å². The van der Waals surface area contributed by atoms with E-state index < -0.39 is 0 Å². The van der Waals surface area contributed by atoms with Crippen molar-refractivity contribution in [1.29, 1.82) is 0 Å². The molecule has 0 N–H and O–H groups in total. The fourth-order valence-electron chi connectivity index (χ4n) is 12.2. The molecule has 71 heavy (non-hydrogen) atoms. The number of nitrogens with zero attached hydrogens (tertiary/aromatic N) is 6. The second-order valence-corrected chi connectivity index (χ2v) is 20.4. The van der Waals surface area contributed by atoms with Gasteiger partial charge in [0.15, 0.2) is 0 Å². The topological polar surface area (TPSA) is 77.3 Å². The summed E-state index contributed by atoms with van der Waals surface area (Å²) in [6.45, 7) is 13.1. The molecule has 6 heteroatoms. The SMILES string of the molecule is Cc1cccc2c3cc(nc12)-c1cc(c2cccc(C)c2n1)Cc1c2c(nc4c(C)cccc14)-c1nc4c(C)cccc4c(c1CC2)Cc1cc(nc2c(C)cccc12)-c1cc(c2cccc(C)c2n1)C3. The zero-order chi connectivity index (χ0) is 47.8. The highest BCUT2D eigenvalue weighted by Crippen LogP contribution is 2.44. The highest BCUT2D eigenvalue weighted by atomic mass is 14.8. The Kier molecular flexibility index (Phi) is 9.19. The minimum absolute atomic E-state index is 0.673. The van der Waals surface area contributed by atoms with Gasteiger partial charge in [-0.2, -0.15) is 0 Å². The summed E-state index contributed by atoms with van der Waals surface area (Å²) in [5, 5.41) is 7.03. The molecule has 0 fully saturated rings. The first-order valence-corrected chi connectivity index (χ1v) is 25.0. The van der Waals surface area contributed by atoms with Crippen LogP contribution in [0, 0.1) is 41.5 Å². The third kappa shape index (κ3) is 6.47. The molecule has 0 spiro atoms. The molecule has 0 saturated carbocycles. The molecule has 6 aromatic carbocycles. The second kappa shape index (κ2) is 15.6. The van der Waals surface area contributed by atoms with Gasteiger partial charge in [0.2, 0.25) is 0 Å². The van der Waals surface area contributed by atoms with E-state index in [2.05, 4.69) is 175 Å². The van der Waals surface area contributed by atoms with Gasteiger partial charge in [0, 0.05) is 32.3 Å². The van der Waals surface area contributed by atoms with E-state index in [9.17, 15) is 0 Å². The lowest BCUT2D eigenvalue weighted by molar-refractivity contribution is 0.889. The Balaban J connectivity index is 1.14. The van der Waals surface area contributed by atoms with Crippen molar-refractivity contribution in [2.45, 2.75) is 73.6 Å². The smallest absolute Gasteiger partial charge is 0.0932 e. The van der Waals surface area contributed by atoms with Gasteiger partial charge in [-0.05, 0) is 176 Å². The van der Waals surface area contributed by atoms with Gasteiger partial charge in [0.25, 0.3) is 0 Å². The minimum Gasteiger partial charge on any atom is -0.246 e. The average molecular weight is 915 g/mol. The van der Waals surface area contributed by atoms with E-state index in [-0.39, 0.29) is 0 Å². The highest BCUT2D eigenvalue weighted by molar-refractivity contribution is 5.98. The summed E-state index contributed by atoms with van der Waals surface area (Å²) in [6, 6.07) is 49.0. The molecule has 6 nitrogen and oxygen atoms in total. The van der Waals surface area contributed by atoms with E-state index in [1.165, 1.54) is 55.3 Å². The van der Waals surface area contributed by atoms with E-state index in [4.69, 9.17) is 29.9 Å². The number of aromatic nitrogens is 6. The molecule has 15 rings (SSSR count). The predicted molar refractivity (Wildman–Crippen MR) is 292 cm³/mol. The van der Waals surface area contributed by atoms with Gasteiger partial charge in [0.1, 0.15) is 0 Å². The zero-order valence-electron chi connectivity index (χ0n) is 40.9. The normalized spacial score (nSPS) is 13.2. The van der Waals surface area contributed by atoms with Crippen molar-refractivity contribution < 1.29 is 0 Å². The summed E-state index contributed by atoms with van der Waals surface area (Å²) in [6.07, 6.45) is 3.81. The first kappa shape index (κ1) is 41.7. The van der Waals surface area contributed by atoms with Gasteiger partial charge in [-0.3, -0.25) is 0 Å². The molecule has 0 radical (unpaired) electrons. The number of benzene rings is 6. The van der Waals surface area contributed by atoms with Crippen molar-refractivity contribution in [2.24, 2.45) is 0 Å². The molecule has 0 aliphatic heterocycles. The molecule has 6 heterocycles. The van der Waals surface area contributed by atoms with Gasteiger partial charge >= 0.3 is 0 Å². The van der Waals surface area contributed by atoms with Crippen LogP contribution in [0.25, 0.3) is 99.6 Å². The monoisotopic (exact) mass is 914 g/mol. The first-order valence-electron chi connectivity index (χ1n) is 25.0. The second-order valence-electron chi connectivity index (χ2n) is 20.4. The van der Waals surface area contributed by atoms with Gasteiger partial charge in [-0.25, -0.2) is 29.9 Å². The van der Waals surface area contributed by atoms with Crippen LogP contribution in [0.4, 0.5) is 0 Å². The number of pyridine rings is 6. The number of hydrogen-bond donors (Lipinski definition) is 0. The fourth-order valence-corrected chi connectivity index (χ4v) is 12.2. The average Bonchev–Trinajstić information content (AvgIpc) is 3.37. The summed E-state index contributed by atoms with van der Waals surface area (Å²) in [5.74, 6) is 0. The van der Waals surface area contributed by atoms with E-state index >= 15 is 0 Å². The fraction of sp³-hybridized carbons (Fsp3) is 0.169. The lowest BCUT2D eigenvalue weighted by atomic mass is 9.81. The first-order chi connectivity index (χ1) is 34.6. The van der Waals surface area contributed by atoms with E-state index in [0.29, 0.717) is 19.3 Å². The standard InChI is InChI=1S/C65H50N6/c1-34-13-7-19-44-40-27-41-31-55(67-59-35(2)14-8-20-45(41)59)57-33-43(47-22-10-16-37(4)61(47)69-57)29-53-49-24-12-18-39(6)63(49)71-65-51(53)26-25-50-52(48-23-11-17-38(5)62(48)70-64(50)65)28-42-32-56(54(30-40)66-58(34)44)68-60-36(3)15-9-21-46(42)60/h7-24,30-33H,25-29H2,1-6H3. The number of fused-ring (bicyclic) bond motifs is 7. The van der Waals surface area contributed by atoms with Crippen molar-refractivity contribution in [3.05, 3.63) is 211 Å². The summed E-state index contributed by atoms with van der Waals surface area (Å²) in [4.78, 5) is 33.4. The van der Waals surface area contributed by atoms with Crippen molar-refractivity contribution in [2.75, 3.05) is 0 Å².